The molecule has 1 aromatic carbocycles. The Bertz CT molecular complexity index is 657. The van der Waals surface area contributed by atoms with Gasteiger partial charge in [-0.1, -0.05) is 17.7 Å². The lowest BCUT2D eigenvalue weighted by molar-refractivity contribution is -0.131. The van der Waals surface area contributed by atoms with Gasteiger partial charge in [0.05, 0.1) is 16.1 Å². The van der Waals surface area contributed by atoms with Crippen LogP contribution in [0.5, 0.6) is 0 Å². The standard InChI is InChI=1S/C13H16ClN3OS/c1-3-16(4-2)11(18)8-17-12-9(14)6-5-7-10(12)15-13(17)19/h5-7H,3-4,8H2,1-2H3,(H,15,19). The molecule has 0 radical (unpaired) electrons. The van der Waals surface area contributed by atoms with E-state index >= 15 is 0 Å². The molecule has 0 aliphatic rings. The summed E-state index contributed by atoms with van der Waals surface area (Å²) in [6, 6.07) is 5.55. The first kappa shape index (κ1) is 14.1. The van der Waals surface area contributed by atoms with Gasteiger partial charge in [0.1, 0.15) is 6.54 Å². The summed E-state index contributed by atoms with van der Waals surface area (Å²) < 4.78 is 2.27. The van der Waals surface area contributed by atoms with Crippen LogP contribution in [0.3, 0.4) is 0 Å². The number of nitrogens with one attached hydrogen (secondary N) is 1. The van der Waals surface area contributed by atoms with E-state index in [2.05, 4.69) is 4.98 Å². The number of fused-ring (bicyclic) bond motifs is 1. The number of nitrogens with zero attached hydrogens (tertiary/aromatic N) is 2. The van der Waals surface area contributed by atoms with E-state index in [1.54, 1.807) is 15.5 Å². The summed E-state index contributed by atoms with van der Waals surface area (Å²) in [5.74, 6) is 0.0434. The monoisotopic (exact) mass is 297 g/mol. The van der Waals surface area contributed by atoms with Gasteiger partial charge in [-0.2, -0.15) is 0 Å². The second kappa shape index (κ2) is 5.75. The van der Waals surface area contributed by atoms with E-state index in [9.17, 15) is 4.79 Å². The maximum absolute atomic E-state index is 12.2. The zero-order valence-corrected chi connectivity index (χ0v) is 12.5. The fourth-order valence-corrected chi connectivity index (χ4v) is 2.68. The largest absolute Gasteiger partial charge is 0.342 e. The number of likely N-dealkylation sites (N-methyl/N-ethyl adjacent to an activating group) is 1. The molecule has 1 aromatic heterocycles. The van der Waals surface area contributed by atoms with E-state index in [0.717, 1.165) is 11.0 Å². The van der Waals surface area contributed by atoms with Gasteiger partial charge < -0.3 is 14.5 Å². The minimum absolute atomic E-state index is 0.0434. The van der Waals surface area contributed by atoms with Crippen molar-refractivity contribution in [2.75, 3.05) is 13.1 Å². The summed E-state index contributed by atoms with van der Waals surface area (Å²) in [6.45, 7) is 5.52. The van der Waals surface area contributed by atoms with E-state index in [4.69, 9.17) is 23.8 Å². The van der Waals surface area contributed by atoms with Crippen LogP contribution < -0.4 is 0 Å². The van der Waals surface area contributed by atoms with Gasteiger partial charge in [0, 0.05) is 13.1 Å². The molecule has 0 atom stereocenters. The van der Waals surface area contributed by atoms with Gasteiger partial charge in [-0.3, -0.25) is 4.79 Å². The van der Waals surface area contributed by atoms with Crippen molar-refractivity contribution >= 4 is 40.8 Å². The lowest BCUT2D eigenvalue weighted by atomic mass is 10.3. The molecule has 0 bridgehead atoms. The summed E-state index contributed by atoms with van der Waals surface area (Å²) in [6.07, 6.45) is 0. The van der Waals surface area contributed by atoms with Crippen molar-refractivity contribution in [3.05, 3.63) is 28.0 Å². The van der Waals surface area contributed by atoms with Crippen LogP contribution in [-0.4, -0.2) is 33.4 Å². The highest BCUT2D eigenvalue weighted by Gasteiger charge is 2.14. The summed E-state index contributed by atoms with van der Waals surface area (Å²) in [7, 11) is 0. The number of imidazole rings is 1. The molecule has 0 unspecified atom stereocenters. The Labute approximate surface area is 122 Å². The Balaban J connectivity index is 2.43. The van der Waals surface area contributed by atoms with Crippen LogP contribution in [0.25, 0.3) is 11.0 Å². The van der Waals surface area contributed by atoms with Gasteiger partial charge >= 0.3 is 0 Å². The van der Waals surface area contributed by atoms with Crippen molar-refractivity contribution in [2.24, 2.45) is 0 Å². The summed E-state index contributed by atoms with van der Waals surface area (Å²) in [5, 5.41) is 0.595. The number of benzene rings is 1. The SMILES string of the molecule is CCN(CC)C(=O)Cn1c(=S)[nH]c2cccc(Cl)c21. The maximum Gasteiger partial charge on any atom is 0.242 e. The van der Waals surface area contributed by atoms with Crippen LogP contribution >= 0.6 is 23.8 Å². The van der Waals surface area contributed by atoms with Crippen molar-refractivity contribution in [2.45, 2.75) is 20.4 Å². The highest BCUT2D eigenvalue weighted by Crippen LogP contribution is 2.23. The first-order chi connectivity index (χ1) is 9.08. The Morgan fingerprint density at radius 3 is 2.74 bits per heavy atom. The molecule has 1 amide bonds. The maximum atomic E-state index is 12.2. The molecule has 4 nitrogen and oxygen atoms in total. The number of hydrogen-bond donors (Lipinski definition) is 1. The van der Waals surface area contributed by atoms with Crippen molar-refractivity contribution in [3.63, 3.8) is 0 Å². The van der Waals surface area contributed by atoms with Crippen LogP contribution in [-0.2, 0) is 11.3 Å². The molecule has 2 aromatic rings. The number of amides is 1. The van der Waals surface area contributed by atoms with Crippen molar-refractivity contribution < 1.29 is 4.79 Å². The molecule has 0 spiro atoms. The van der Waals surface area contributed by atoms with Crippen LogP contribution in [0.1, 0.15) is 13.8 Å². The average molecular weight is 298 g/mol. The molecule has 2 rings (SSSR count). The van der Waals surface area contributed by atoms with Crippen LogP contribution in [0.4, 0.5) is 0 Å². The number of halogens is 1. The van der Waals surface area contributed by atoms with Crippen LogP contribution in [0.2, 0.25) is 5.02 Å². The second-order valence-electron chi connectivity index (χ2n) is 4.22. The number of rotatable bonds is 4. The zero-order valence-electron chi connectivity index (χ0n) is 10.9. The van der Waals surface area contributed by atoms with Gasteiger partial charge in [0.2, 0.25) is 5.91 Å². The molecular formula is C13H16ClN3OS. The molecule has 0 saturated carbocycles. The highest BCUT2D eigenvalue weighted by atomic mass is 35.5. The van der Waals surface area contributed by atoms with E-state index in [1.165, 1.54) is 0 Å². The minimum Gasteiger partial charge on any atom is -0.342 e. The van der Waals surface area contributed by atoms with Gasteiger partial charge in [0.25, 0.3) is 0 Å². The predicted molar refractivity (Wildman–Crippen MR) is 80.1 cm³/mol. The summed E-state index contributed by atoms with van der Waals surface area (Å²) in [5.41, 5.74) is 1.64. The molecule has 19 heavy (non-hydrogen) atoms. The minimum atomic E-state index is 0.0434. The van der Waals surface area contributed by atoms with Gasteiger partial charge in [-0.15, -0.1) is 0 Å². The van der Waals surface area contributed by atoms with Crippen molar-refractivity contribution in [3.8, 4) is 0 Å². The first-order valence-electron chi connectivity index (χ1n) is 6.23. The molecule has 0 fully saturated rings. The van der Waals surface area contributed by atoms with E-state index < -0.39 is 0 Å². The molecule has 102 valence electrons. The Hall–Kier alpha value is -1.33. The highest BCUT2D eigenvalue weighted by molar-refractivity contribution is 7.71. The number of aromatic nitrogens is 2. The van der Waals surface area contributed by atoms with Crippen molar-refractivity contribution in [1.29, 1.82) is 0 Å². The molecule has 0 aliphatic carbocycles. The number of aromatic amines is 1. The topological polar surface area (TPSA) is 41.0 Å². The molecular weight excluding hydrogens is 282 g/mol. The smallest absolute Gasteiger partial charge is 0.242 e. The fourth-order valence-electron chi connectivity index (χ4n) is 2.14. The van der Waals surface area contributed by atoms with Crippen LogP contribution in [0.15, 0.2) is 18.2 Å². The molecule has 1 N–H and O–H groups in total. The first-order valence-corrected chi connectivity index (χ1v) is 7.01. The normalized spacial score (nSPS) is 10.9. The number of carbonyl (C=O) groups is 1. The van der Waals surface area contributed by atoms with E-state index in [0.29, 0.717) is 22.9 Å². The average Bonchev–Trinajstić information content (AvgIpc) is 2.69. The number of carbonyl (C=O) groups excluding carboxylic acids is 1. The summed E-state index contributed by atoms with van der Waals surface area (Å²) >= 11 is 11.5. The fraction of sp³-hybridized carbons (Fsp3) is 0.385. The Morgan fingerprint density at radius 2 is 2.11 bits per heavy atom. The third kappa shape index (κ3) is 2.67. The second-order valence-corrected chi connectivity index (χ2v) is 5.01. The lowest BCUT2D eigenvalue weighted by Gasteiger charge is -2.19. The van der Waals surface area contributed by atoms with Crippen molar-refractivity contribution in [1.82, 2.24) is 14.5 Å². The van der Waals surface area contributed by atoms with Gasteiger partial charge in [0.15, 0.2) is 4.77 Å². The zero-order chi connectivity index (χ0) is 14.0. The third-order valence-electron chi connectivity index (χ3n) is 3.15. The number of H-pyrrole nitrogens is 1. The molecule has 0 saturated heterocycles. The van der Waals surface area contributed by atoms with E-state index in [1.807, 2.05) is 26.0 Å². The number of hydrogen-bond acceptors (Lipinski definition) is 2. The third-order valence-corrected chi connectivity index (χ3v) is 3.78. The van der Waals surface area contributed by atoms with Gasteiger partial charge in [-0.25, -0.2) is 0 Å². The van der Waals surface area contributed by atoms with Crippen LogP contribution in [0, 0.1) is 4.77 Å². The quantitative estimate of drug-likeness (QED) is 0.880. The Morgan fingerprint density at radius 1 is 1.42 bits per heavy atom. The van der Waals surface area contributed by atoms with E-state index in [-0.39, 0.29) is 12.5 Å². The van der Waals surface area contributed by atoms with Gasteiger partial charge in [-0.05, 0) is 38.2 Å². The molecule has 0 aliphatic heterocycles. The summed E-state index contributed by atoms with van der Waals surface area (Å²) in [4.78, 5) is 17.0. The molecule has 1 heterocycles. The molecule has 6 heteroatoms. The number of para-hydroxylation sites is 1. The predicted octanol–water partition coefficient (Wildman–Crippen LogP) is 3.22. The lowest BCUT2D eigenvalue weighted by Crippen LogP contribution is -2.33. The Kier molecular flexibility index (Phi) is 4.27.